The van der Waals surface area contributed by atoms with Gasteiger partial charge in [-0.3, -0.25) is 13.9 Å². The van der Waals surface area contributed by atoms with Crippen LogP contribution in [0.2, 0.25) is 10.0 Å². The zero-order valence-electron chi connectivity index (χ0n) is 22.6. The predicted molar refractivity (Wildman–Crippen MR) is 157 cm³/mol. The van der Waals surface area contributed by atoms with Crippen LogP contribution in [0.5, 0.6) is 0 Å². The van der Waals surface area contributed by atoms with E-state index in [2.05, 4.69) is 5.32 Å². The Labute approximate surface area is 240 Å². The van der Waals surface area contributed by atoms with E-state index < -0.39 is 34.1 Å². The highest BCUT2D eigenvalue weighted by molar-refractivity contribution is 7.92. The minimum absolute atomic E-state index is 0.0155. The third-order valence-corrected chi connectivity index (χ3v) is 8.46. The van der Waals surface area contributed by atoms with Gasteiger partial charge in [0.05, 0.1) is 20.6 Å². The summed E-state index contributed by atoms with van der Waals surface area (Å²) < 4.78 is 28.6. The number of aryl methyl sites for hydroxylation is 1. The van der Waals surface area contributed by atoms with Crippen molar-refractivity contribution in [3.8, 4) is 0 Å². The molecule has 0 aromatic heterocycles. The number of rotatable bonds is 9. The molecule has 3 aromatic rings. The van der Waals surface area contributed by atoms with E-state index in [0.29, 0.717) is 21.3 Å². The van der Waals surface area contributed by atoms with Crippen molar-refractivity contribution in [2.24, 2.45) is 0 Å². The average Bonchev–Trinajstić information content (AvgIpc) is 2.87. The summed E-state index contributed by atoms with van der Waals surface area (Å²) in [6, 6.07) is 18.8. The van der Waals surface area contributed by atoms with E-state index in [4.69, 9.17) is 23.2 Å². The molecule has 1 unspecified atom stereocenters. The van der Waals surface area contributed by atoms with Gasteiger partial charge in [0.1, 0.15) is 12.6 Å². The summed E-state index contributed by atoms with van der Waals surface area (Å²) >= 11 is 12.3. The van der Waals surface area contributed by atoms with Crippen molar-refractivity contribution in [1.29, 1.82) is 0 Å². The first kappa shape index (κ1) is 30.5. The third kappa shape index (κ3) is 7.97. The number of amides is 2. The number of hydrogen-bond acceptors (Lipinski definition) is 4. The first-order valence-electron chi connectivity index (χ1n) is 12.4. The zero-order chi connectivity index (χ0) is 29.0. The highest BCUT2D eigenvalue weighted by atomic mass is 35.5. The maximum Gasteiger partial charge on any atom is 0.264 e. The van der Waals surface area contributed by atoms with Gasteiger partial charge >= 0.3 is 0 Å². The zero-order valence-corrected chi connectivity index (χ0v) is 24.9. The maximum atomic E-state index is 13.9. The molecule has 2 amide bonds. The minimum Gasteiger partial charge on any atom is -0.350 e. The molecule has 0 aliphatic heterocycles. The lowest BCUT2D eigenvalue weighted by Gasteiger charge is -2.33. The van der Waals surface area contributed by atoms with Crippen LogP contribution in [0.4, 0.5) is 5.69 Å². The average molecular weight is 591 g/mol. The largest absolute Gasteiger partial charge is 0.350 e. The molecule has 0 spiro atoms. The maximum absolute atomic E-state index is 13.9. The van der Waals surface area contributed by atoms with Crippen molar-refractivity contribution in [2.45, 2.75) is 57.6 Å². The second-order valence-corrected chi connectivity index (χ2v) is 13.0. The molecule has 1 atom stereocenters. The molecule has 0 radical (unpaired) electrons. The smallest absolute Gasteiger partial charge is 0.264 e. The van der Waals surface area contributed by atoms with E-state index >= 15 is 0 Å². The van der Waals surface area contributed by atoms with Crippen molar-refractivity contribution in [1.82, 2.24) is 10.2 Å². The summed E-state index contributed by atoms with van der Waals surface area (Å²) in [5, 5.41) is 3.56. The Morgan fingerprint density at radius 3 is 2.10 bits per heavy atom. The van der Waals surface area contributed by atoms with Crippen molar-refractivity contribution in [2.75, 3.05) is 10.8 Å². The van der Waals surface area contributed by atoms with Gasteiger partial charge in [0.15, 0.2) is 0 Å². The predicted octanol–water partition coefficient (Wildman–Crippen LogP) is 5.83. The van der Waals surface area contributed by atoms with Gasteiger partial charge in [-0.15, -0.1) is 0 Å². The summed E-state index contributed by atoms with van der Waals surface area (Å²) in [6.07, 6.45) is 0. The molecule has 208 valence electrons. The normalized spacial score (nSPS) is 12.5. The first-order chi connectivity index (χ1) is 18.2. The molecule has 3 rings (SSSR count). The lowest BCUT2D eigenvalue weighted by Crippen LogP contribution is -2.54. The van der Waals surface area contributed by atoms with Crippen LogP contribution in [0.15, 0.2) is 77.7 Å². The Kier molecular flexibility index (Phi) is 9.69. The number of nitrogens with zero attached hydrogens (tertiary/aromatic N) is 2. The molecule has 3 aromatic carbocycles. The van der Waals surface area contributed by atoms with Crippen LogP contribution in [0, 0.1) is 6.92 Å². The van der Waals surface area contributed by atoms with Crippen LogP contribution in [0.1, 0.15) is 38.8 Å². The van der Waals surface area contributed by atoms with Crippen LogP contribution in [0.25, 0.3) is 0 Å². The number of sulfonamides is 1. The summed E-state index contributed by atoms with van der Waals surface area (Å²) in [5.74, 6) is -0.929. The fraction of sp³-hybridized carbons (Fsp3) is 0.310. The molecule has 0 heterocycles. The molecule has 0 fully saturated rings. The number of nitrogens with one attached hydrogen (secondary N) is 1. The Hall–Kier alpha value is -3.07. The minimum atomic E-state index is -4.11. The van der Waals surface area contributed by atoms with Crippen molar-refractivity contribution in [3.63, 3.8) is 0 Å². The Morgan fingerprint density at radius 1 is 0.923 bits per heavy atom. The fourth-order valence-electron chi connectivity index (χ4n) is 3.85. The van der Waals surface area contributed by atoms with Crippen LogP contribution in [-0.4, -0.2) is 43.3 Å². The standard InChI is InChI=1S/C29H33Cl2N3O4S/c1-20-11-14-23(15-12-20)34(39(37,38)24-9-7-6-8-10-24)19-27(35)33(21(2)28(36)32-29(3,4)5)18-22-13-16-25(30)26(31)17-22/h6-17,21H,18-19H2,1-5H3,(H,32,36). The number of carbonyl (C=O) groups excluding carboxylic acids is 2. The molecule has 0 aliphatic rings. The fourth-order valence-corrected chi connectivity index (χ4v) is 5.61. The second-order valence-electron chi connectivity index (χ2n) is 10.3. The van der Waals surface area contributed by atoms with Gasteiger partial charge in [-0.05, 0) is 76.6 Å². The monoisotopic (exact) mass is 589 g/mol. The lowest BCUT2D eigenvalue weighted by molar-refractivity contribution is -0.140. The van der Waals surface area contributed by atoms with Crippen LogP contribution < -0.4 is 9.62 Å². The van der Waals surface area contributed by atoms with Gasteiger partial charge in [-0.1, -0.05) is 65.2 Å². The Balaban J connectivity index is 2.03. The van der Waals surface area contributed by atoms with Crippen LogP contribution in [-0.2, 0) is 26.2 Å². The summed E-state index contributed by atoms with van der Waals surface area (Å²) in [5.41, 5.74) is 1.38. The molecular weight excluding hydrogens is 557 g/mol. The molecule has 39 heavy (non-hydrogen) atoms. The van der Waals surface area contributed by atoms with Crippen molar-refractivity contribution in [3.05, 3.63) is 94.0 Å². The van der Waals surface area contributed by atoms with Crippen LogP contribution in [0.3, 0.4) is 0 Å². The van der Waals surface area contributed by atoms with Gasteiger partial charge in [0.2, 0.25) is 11.8 Å². The third-order valence-electron chi connectivity index (χ3n) is 5.93. The summed E-state index contributed by atoms with van der Waals surface area (Å²) in [4.78, 5) is 28.5. The van der Waals surface area contributed by atoms with Gasteiger partial charge in [-0.25, -0.2) is 8.42 Å². The van der Waals surface area contributed by atoms with Crippen molar-refractivity contribution >= 4 is 50.7 Å². The number of benzene rings is 3. The summed E-state index contributed by atoms with van der Waals surface area (Å²) in [6.45, 7) is 8.52. The van der Waals surface area contributed by atoms with Crippen molar-refractivity contribution < 1.29 is 18.0 Å². The lowest BCUT2D eigenvalue weighted by atomic mass is 10.1. The SMILES string of the molecule is Cc1ccc(N(CC(=O)N(Cc2ccc(Cl)c(Cl)c2)C(C)C(=O)NC(C)(C)C)S(=O)(=O)c2ccccc2)cc1. The number of carbonyl (C=O) groups is 2. The van der Waals surface area contributed by atoms with E-state index in [-0.39, 0.29) is 17.3 Å². The molecule has 7 nitrogen and oxygen atoms in total. The number of anilines is 1. The molecule has 0 saturated heterocycles. The highest BCUT2D eigenvalue weighted by Gasteiger charge is 2.33. The molecule has 0 saturated carbocycles. The van der Waals surface area contributed by atoms with E-state index in [9.17, 15) is 18.0 Å². The van der Waals surface area contributed by atoms with Gasteiger partial charge in [0, 0.05) is 12.1 Å². The van der Waals surface area contributed by atoms with E-state index in [0.717, 1.165) is 9.87 Å². The number of halogens is 2. The summed E-state index contributed by atoms with van der Waals surface area (Å²) in [7, 11) is -4.11. The molecule has 10 heteroatoms. The topological polar surface area (TPSA) is 86.8 Å². The molecule has 0 bridgehead atoms. The van der Waals surface area contributed by atoms with Crippen LogP contribution >= 0.6 is 23.2 Å². The van der Waals surface area contributed by atoms with E-state index in [1.54, 1.807) is 67.6 Å². The van der Waals surface area contributed by atoms with E-state index in [1.807, 2.05) is 27.7 Å². The first-order valence-corrected chi connectivity index (χ1v) is 14.6. The van der Waals surface area contributed by atoms with E-state index in [1.165, 1.54) is 17.0 Å². The highest BCUT2D eigenvalue weighted by Crippen LogP contribution is 2.26. The van der Waals surface area contributed by atoms with Gasteiger partial charge in [-0.2, -0.15) is 0 Å². The molecule has 0 aliphatic carbocycles. The molecular formula is C29H33Cl2N3O4S. The van der Waals surface area contributed by atoms with Gasteiger partial charge < -0.3 is 10.2 Å². The Bertz CT molecular complexity index is 1420. The Morgan fingerprint density at radius 2 is 1.54 bits per heavy atom. The van der Waals surface area contributed by atoms with Gasteiger partial charge in [0.25, 0.3) is 10.0 Å². The number of hydrogen-bond donors (Lipinski definition) is 1. The molecule has 1 N–H and O–H groups in total. The second kappa shape index (κ2) is 12.4. The quantitative estimate of drug-likeness (QED) is 0.340.